The molecule has 0 atom stereocenters. The molecule has 2 N–H and O–H groups in total. The van der Waals surface area contributed by atoms with Crippen LogP contribution in [0, 0.1) is 11.8 Å². The Morgan fingerprint density at radius 2 is 1.43 bits per heavy atom. The first kappa shape index (κ1) is 30.6. The van der Waals surface area contributed by atoms with Gasteiger partial charge in [-0.15, -0.1) is 0 Å². The second-order valence-corrected chi connectivity index (χ2v) is 13.5. The molecule has 0 bridgehead atoms. The van der Waals surface area contributed by atoms with Crippen molar-refractivity contribution in [2.45, 2.75) is 76.1 Å². The summed E-state index contributed by atoms with van der Waals surface area (Å²) in [7, 11) is 0. The van der Waals surface area contributed by atoms with Crippen LogP contribution in [0.5, 0.6) is 0 Å². The molecule has 44 heavy (non-hydrogen) atoms. The molecular weight excluding hydrogens is 556 g/mol. The van der Waals surface area contributed by atoms with E-state index in [4.69, 9.17) is 9.84 Å². The van der Waals surface area contributed by atoms with Crippen LogP contribution in [-0.2, 0) is 22.6 Å². The van der Waals surface area contributed by atoms with E-state index < -0.39 is 11.6 Å². The molecule has 0 unspecified atom stereocenters. The van der Waals surface area contributed by atoms with Crippen molar-refractivity contribution in [2.24, 2.45) is 11.8 Å². The summed E-state index contributed by atoms with van der Waals surface area (Å²) in [6, 6.07) is 17.9. The van der Waals surface area contributed by atoms with Gasteiger partial charge in [0.25, 0.3) is 0 Å². The normalized spacial score (nSPS) is 24.7. The number of rotatable bonds is 9. The number of amides is 2. The van der Waals surface area contributed by atoms with E-state index in [0.717, 1.165) is 96.2 Å². The summed E-state index contributed by atoms with van der Waals surface area (Å²) in [6.45, 7) is 6.81. The zero-order valence-electron chi connectivity index (χ0n) is 25.7. The highest BCUT2D eigenvalue weighted by molar-refractivity contribution is 5.87. The number of carboxylic acids is 1. The number of nitrogens with zero attached hydrogens (tertiary/aromatic N) is 3. The molecule has 2 aromatic carbocycles. The molecule has 3 heterocycles. The zero-order valence-corrected chi connectivity index (χ0v) is 25.7. The molecule has 0 aromatic heterocycles. The van der Waals surface area contributed by atoms with Crippen molar-refractivity contribution in [3.05, 3.63) is 71.3 Å². The fraction of sp³-hybridized carbons (Fsp3) is 0.571. The Bertz CT molecular complexity index is 1280. The van der Waals surface area contributed by atoms with Gasteiger partial charge in [0.1, 0.15) is 5.60 Å². The van der Waals surface area contributed by atoms with Crippen LogP contribution < -0.4 is 5.32 Å². The van der Waals surface area contributed by atoms with Gasteiger partial charge in [-0.3, -0.25) is 14.6 Å². The standard InChI is InChI=1S/C35H46N4O5/c40-32(36-31-14-18-37(19-15-31)22-26-4-2-1-3-5-26)29-10-6-28(7-11-29)24-39-25-35(44-34(39)43)16-20-38(21-17-35)23-27-8-12-30(13-9-27)33(41)42/h1-5,8-9,12-13,28-29,31H,6-7,10-11,14-25H2,(H,36,40)(H,41,42). The number of benzene rings is 2. The minimum absolute atomic E-state index is 0.0788. The lowest BCUT2D eigenvalue weighted by molar-refractivity contribution is -0.127. The van der Waals surface area contributed by atoms with Crippen LogP contribution in [0.3, 0.4) is 0 Å². The highest BCUT2D eigenvalue weighted by atomic mass is 16.6. The second-order valence-electron chi connectivity index (χ2n) is 13.5. The van der Waals surface area contributed by atoms with Crippen molar-refractivity contribution in [3.63, 3.8) is 0 Å². The predicted octanol–water partition coefficient (Wildman–Crippen LogP) is 4.76. The first-order valence-corrected chi connectivity index (χ1v) is 16.4. The molecule has 9 nitrogen and oxygen atoms in total. The van der Waals surface area contributed by atoms with E-state index >= 15 is 0 Å². The molecule has 1 saturated carbocycles. The van der Waals surface area contributed by atoms with E-state index in [1.54, 1.807) is 12.1 Å². The number of carbonyl (C=O) groups excluding carboxylic acids is 2. The van der Waals surface area contributed by atoms with Gasteiger partial charge in [0, 0.05) is 70.6 Å². The SMILES string of the molecule is O=C(O)c1ccc(CN2CCC3(CC2)CN(CC2CCC(C(=O)NC4CCN(Cc5ccccc5)CC4)CC2)C(=O)O3)cc1. The quantitative estimate of drug-likeness (QED) is 0.427. The van der Waals surface area contributed by atoms with Gasteiger partial charge < -0.3 is 20.1 Å². The van der Waals surface area contributed by atoms with Gasteiger partial charge in [-0.1, -0.05) is 42.5 Å². The number of hydrogen-bond acceptors (Lipinski definition) is 6. The fourth-order valence-electron chi connectivity index (χ4n) is 7.54. The van der Waals surface area contributed by atoms with Crippen molar-refractivity contribution < 1.29 is 24.2 Å². The molecule has 2 amide bonds. The van der Waals surface area contributed by atoms with Crippen molar-refractivity contribution in [3.8, 4) is 0 Å². The minimum atomic E-state index is -0.913. The van der Waals surface area contributed by atoms with Crippen LogP contribution >= 0.6 is 0 Å². The van der Waals surface area contributed by atoms with Crippen LogP contribution in [0.15, 0.2) is 54.6 Å². The van der Waals surface area contributed by atoms with Gasteiger partial charge in [0.15, 0.2) is 0 Å². The lowest BCUT2D eigenvalue weighted by Gasteiger charge is -2.37. The molecule has 0 radical (unpaired) electrons. The van der Waals surface area contributed by atoms with E-state index in [-0.39, 0.29) is 24.0 Å². The Morgan fingerprint density at radius 1 is 0.818 bits per heavy atom. The molecule has 9 heteroatoms. The zero-order chi connectivity index (χ0) is 30.5. The van der Waals surface area contributed by atoms with Crippen LogP contribution in [0.2, 0.25) is 0 Å². The van der Waals surface area contributed by atoms with Gasteiger partial charge in [-0.2, -0.15) is 0 Å². The second kappa shape index (κ2) is 13.7. The van der Waals surface area contributed by atoms with Crippen molar-refractivity contribution in [1.29, 1.82) is 0 Å². The highest BCUT2D eigenvalue weighted by Crippen LogP contribution is 2.36. The summed E-state index contributed by atoms with van der Waals surface area (Å²) in [5.41, 5.74) is 2.32. The molecular formula is C35H46N4O5. The Morgan fingerprint density at radius 3 is 2.07 bits per heavy atom. The molecule has 3 aliphatic heterocycles. The summed E-state index contributed by atoms with van der Waals surface area (Å²) in [5.74, 6) is -0.204. The summed E-state index contributed by atoms with van der Waals surface area (Å²) in [6.07, 6.45) is 7.15. The Balaban J connectivity index is 0.888. The van der Waals surface area contributed by atoms with Crippen LogP contribution in [-0.4, -0.2) is 88.7 Å². The first-order valence-electron chi connectivity index (χ1n) is 16.4. The lowest BCUT2D eigenvalue weighted by Crippen LogP contribution is -2.47. The Hall–Kier alpha value is -3.43. The number of carboxylic acid groups (broad SMARTS) is 1. The number of nitrogens with one attached hydrogen (secondary N) is 1. The average molecular weight is 603 g/mol. The van der Waals surface area contributed by atoms with E-state index in [1.807, 2.05) is 17.0 Å². The Labute approximate surface area is 260 Å². The first-order chi connectivity index (χ1) is 21.3. The van der Waals surface area contributed by atoms with E-state index in [9.17, 15) is 14.4 Å². The van der Waals surface area contributed by atoms with Crippen LogP contribution in [0.1, 0.15) is 72.9 Å². The maximum absolute atomic E-state index is 13.1. The van der Waals surface area contributed by atoms with E-state index in [2.05, 4.69) is 45.4 Å². The van der Waals surface area contributed by atoms with E-state index in [0.29, 0.717) is 24.6 Å². The summed E-state index contributed by atoms with van der Waals surface area (Å²) >= 11 is 0. The van der Waals surface area contributed by atoms with Crippen LogP contribution in [0.4, 0.5) is 4.79 Å². The average Bonchev–Trinajstić information content (AvgIpc) is 3.34. The van der Waals surface area contributed by atoms with Gasteiger partial charge in [0.05, 0.1) is 12.1 Å². The number of carbonyl (C=O) groups is 3. The highest BCUT2D eigenvalue weighted by Gasteiger charge is 2.47. The predicted molar refractivity (Wildman–Crippen MR) is 167 cm³/mol. The topological polar surface area (TPSA) is 102 Å². The third-order valence-electron chi connectivity index (χ3n) is 10.3. The summed E-state index contributed by atoms with van der Waals surface area (Å²) < 4.78 is 6.00. The van der Waals surface area contributed by atoms with Crippen molar-refractivity contribution in [2.75, 3.05) is 39.3 Å². The maximum Gasteiger partial charge on any atom is 0.410 e. The number of hydrogen-bond donors (Lipinski definition) is 2. The smallest absolute Gasteiger partial charge is 0.410 e. The van der Waals surface area contributed by atoms with Crippen molar-refractivity contribution in [1.82, 2.24) is 20.0 Å². The molecule has 6 rings (SSSR count). The molecule has 1 aliphatic carbocycles. The van der Waals surface area contributed by atoms with Crippen molar-refractivity contribution >= 4 is 18.0 Å². The van der Waals surface area contributed by atoms with Gasteiger partial charge >= 0.3 is 12.1 Å². The molecule has 1 spiro atoms. The maximum atomic E-state index is 13.1. The lowest BCUT2D eigenvalue weighted by atomic mass is 9.81. The number of ether oxygens (including phenoxy) is 1. The molecule has 4 fully saturated rings. The fourth-order valence-corrected chi connectivity index (χ4v) is 7.54. The van der Waals surface area contributed by atoms with Gasteiger partial charge in [0.2, 0.25) is 5.91 Å². The van der Waals surface area contributed by atoms with E-state index in [1.165, 1.54) is 5.56 Å². The monoisotopic (exact) mass is 602 g/mol. The minimum Gasteiger partial charge on any atom is -0.478 e. The van der Waals surface area contributed by atoms with Gasteiger partial charge in [-0.05, 0) is 67.7 Å². The van der Waals surface area contributed by atoms with Gasteiger partial charge in [-0.25, -0.2) is 9.59 Å². The third-order valence-corrected chi connectivity index (χ3v) is 10.3. The third kappa shape index (κ3) is 7.61. The summed E-state index contributed by atoms with van der Waals surface area (Å²) in [5, 5.41) is 12.5. The van der Waals surface area contributed by atoms with Crippen LogP contribution in [0.25, 0.3) is 0 Å². The molecule has 3 saturated heterocycles. The molecule has 2 aromatic rings. The largest absolute Gasteiger partial charge is 0.478 e. The number of aromatic carboxylic acids is 1. The molecule has 236 valence electrons. The summed E-state index contributed by atoms with van der Waals surface area (Å²) in [4.78, 5) is 43.8. The Kier molecular flexibility index (Phi) is 9.52. The number of piperidine rings is 2. The number of likely N-dealkylation sites (tertiary alicyclic amines) is 2. The molecule has 4 aliphatic rings.